The molecule has 0 aliphatic carbocycles. The van der Waals surface area contributed by atoms with Gasteiger partial charge in [0.15, 0.2) is 6.04 Å². The van der Waals surface area contributed by atoms with Gasteiger partial charge in [-0.05, 0) is 18.2 Å². The van der Waals surface area contributed by atoms with Gasteiger partial charge in [0.2, 0.25) is 0 Å². The number of carboxylic acid groups (broad SMARTS) is 1. The number of amides is 1. The van der Waals surface area contributed by atoms with Crippen molar-refractivity contribution in [3.63, 3.8) is 0 Å². The van der Waals surface area contributed by atoms with Gasteiger partial charge in [0.25, 0.3) is 5.91 Å². The molecule has 0 fully saturated rings. The molecule has 6 nitrogen and oxygen atoms in total. The van der Waals surface area contributed by atoms with Crippen LogP contribution in [0.1, 0.15) is 10.4 Å². The summed E-state index contributed by atoms with van der Waals surface area (Å²) in [5.74, 6) is -2.22. The fourth-order valence-electron chi connectivity index (χ4n) is 1.08. The van der Waals surface area contributed by atoms with Crippen LogP contribution in [0, 0.1) is 0 Å². The number of benzene rings is 1. The molecule has 0 aromatic heterocycles. The molecule has 0 saturated carbocycles. The number of phenols is 1. The third-order valence-corrected chi connectivity index (χ3v) is 2.30. The number of hydrogen-bond donors (Lipinski definition) is 4. The van der Waals surface area contributed by atoms with Crippen LogP contribution in [0.25, 0.3) is 0 Å². The number of aromatic hydroxyl groups is 1. The summed E-state index contributed by atoms with van der Waals surface area (Å²) in [6.07, 6.45) is 0. The van der Waals surface area contributed by atoms with Crippen LogP contribution in [0.4, 0.5) is 0 Å². The Labute approximate surface area is 101 Å². The molecule has 17 heavy (non-hydrogen) atoms. The first-order valence-electron chi connectivity index (χ1n) is 4.58. The quantitative estimate of drug-likeness (QED) is 0.619. The van der Waals surface area contributed by atoms with Crippen LogP contribution in [-0.4, -0.2) is 39.8 Å². The summed E-state index contributed by atoms with van der Waals surface area (Å²) < 4.78 is 0. The Hall–Kier alpha value is -1.79. The number of hydrogen-bond acceptors (Lipinski definition) is 4. The van der Waals surface area contributed by atoms with Crippen molar-refractivity contribution < 1.29 is 24.9 Å². The molecule has 1 aromatic rings. The lowest BCUT2D eigenvalue weighted by Gasteiger charge is -2.11. The molecule has 4 N–H and O–H groups in total. The van der Waals surface area contributed by atoms with Gasteiger partial charge >= 0.3 is 5.97 Å². The van der Waals surface area contributed by atoms with Gasteiger partial charge < -0.3 is 20.6 Å². The predicted molar refractivity (Wildman–Crippen MR) is 59.1 cm³/mol. The van der Waals surface area contributed by atoms with Crippen molar-refractivity contribution in [1.82, 2.24) is 5.32 Å². The molecule has 0 aliphatic heterocycles. The van der Waals surface area contributed by atoms with Gasteiger partial charge in [-0.25, -0.2) is 4.79 Å². The normalized spacial score (nSPS) is 11.9. The average Bonchev–Trinajstić information content (AvgIpc) is 2.28. The number of carboxylic acids is 1. The largest absolute Gasteiger partial charge is 0.506 e. The second-order valence-electron chi connectivity index (χ2n) is 3.21. The fourth-order valence-corrected chi connectivity index (χ4v) is 1.26. The number of aliphatic carboxylic acids is 1. The van der Waals surface area contributed by atoms with Crippen molar-refractivity contribution in [1.29, 1.82) is 0 Å². The van der Waals surface area contributed by atoms with E-state index in [1.165, 1.54) is 18.2 Å². The maximum atomic E-state index is 11.6. The molecule has 0 saturated heterocycles. The third kappa shape index (κ3) is 3.33. The van der Waals surface area contributed by atoms with Gasteiger partial charge in [-0.2, -0.15) is 0 Å². The molecule has 1 rings (SSSR count). The monoisotopic (exact) mass is 259 g/mol. The number of nitrogens with one attached hydrogen (secondary N) is 1. The lowest BCUT2D eigenvalue weighted by atomic mass is 10.2. The summed E-state index contributed by atoms with van der Waals surface area (Å²) in [6, 6.07) is 2.32. The number of aliphatic hydroxyl groups is 1. The van der Waals surface area contributed by atoms with Gasteiger partial charge in [-0.1, -0.05) is 11.6 Å². The van der Waals surface area contributed by atoms with Gasteiger partial charge in [-0.3, -0.25) is 4.79 Å². The van der Waals surface area contributed by atoms with E-state index < -0.39 is 24.5 Å². The molecule has 92 valence electrons. The van der Waals surface area contributed by atoms with Crippen molar-refractivity contribution in [3.05, 3.63) is 28.8 Å². The van der Waals surface area contributed by atoms with E-state index in [1.807, 2.05) is 0 Å². The standard InChI is InChI=1S/C10H10ClNO5/c11-6-3-5(1-2-8(6)14)9(15)12-7(4-13)10(16)17/h1-3,7,13-14H,4H2,(H,12,15)(H,16,17)/t7-/m1/s1. The first-order valence-corrected chi connectivity index (χ1v) is 4.96. The maximum Gasteiger partial charge on any atom is 0.328 e. The van der Waals surface area contributed by atoms with E-state index in [4.69, 9.17) is 26.9 Å². The Morgan fingerprint density at radius 2 is 2.06 bits per heavy atom. The van der Waals surface area contributed by atoms with Crippen LogP contribution < -0.4 is 5.32 Å². The molecule has 0 radical (unpaired) electrons. The Bertz CT molecular complexity index is 448. The molecule has 0 unspecified atom stereocenters. The van der Waals surface area contributed by atoms with E-state index in [-0.39, 0.29) is 16.3 Å². The zero-order valence-electron chi connectivity index (χ0n) is 8.55. The van der Waals surface area contributed by atoms with E-state index in [9.17, 15) is 9.59 Å². The summed E-state index contributed by atoms with van der Waals surface area (Å²) in [6.45, 7) is -0.715. The van der Waals surface area contributed by atoms with Crippen LogP contribution in [-0.2, 0) is 4.79 Å². The highest BCUT2D eigenvalue weighted by molar-refractivity contribution is 6.32. The molecular formula is C10H10ClNO5. The Morgan fingerprint density at radius 1 is 1.41 bits per heavy atom. The van der Waals surface area contributed by atoms with E-state index in [0.717, 1.165) is 0 Å². The SMILES string of the molecule is O=C(N[C@H](CO)C(=O)O)c1ccc(O)c(Cl)c1. The maximum absolute atomic E-state index is 11.6. The zero-order valence-corrected chi connectivity index (χ0v) is 9.31. The number of aliphatic hydroxyl groups excluding tert-OH is 1. The summed E-state index contributed by atoms with van der Waals surface area (Å²) in [5, 5.41) is 28.6. The lowest BCUT2D eigenvalue weighted by molar-refractivity contribution is -0.140. The third-order valence-electron chi connectivity index (χ3n) is 2.00. The van der Waals surface area contributed by atoms with Crippen molar-refractivity contribution in [2.45, 2.75) is 6.04 Å². The van der Waals surface area contributed by atoms with E-state index in [2.05, 4.69) is 5.32 Å². The summed E-state index contributed by atoms with van der Waals surface area (Å²) in [7, 11) is 0. The van der Waals surface area contributed by atoms with Crippen molar-refractivity contribution in [2.24, 2.45) is 0 Å². The fraction of sp³-hybridized carbons (Fsp3) is 0.200. The Balaban J connectivity index is 2.82. The van der Waals surface area contributed by atoms with Crippen LogP contribution in [0.15, 0.2) is 18.2 Å². The van der Waals surface area contributed by atoms with Crippen molar-refractivity contribution in [3.8, 4) is 5.75 Å². The van der Waals surface area contributed by atoms with Gasteiger partial charge in [0.05, 0.1) is 11.6 Å². The number of halogens is 1. The number of rotatable bonds is 4. The summed E-state index contributed by atoms with van der Waals surface area (Å²) in [5.41, 5.74) is 0.0903. The molecule has 7 heteroatoms. The van der Waals surface area contributed by atoms with E-state index >= 15 is 0 Å². The summed E-state index contributed by atoms with van der Waals surface area (Å²) >= 11 is 5.60. The lowest BCUT2D eigenvalue weighted by Crippen LogP contribution is -2.43. The molecule has 0 aliphatic rings. The molecule has 0 bridgehead atoms. The molecule has 0 spiro atoms. The smallest absolute Gasteiger partial charge is 0.328 e. The molecule has 1 atom stereocenters. The number of carbonyl (C=O) groups is 2. The van der Waals surface area contributed by atoms with Gasteiger partial charge in [0.1, 0.15) is 5.75 Å². The molecule has 0 heterocycles. The van der Waals surface area contributed by atoms with Crippen LogP contribution in [0.3, 0.4) is 0 Å². The molecular weight excluding hydrogens is 250 g/mol. The first-order chi connectivity index (χ1) is 7.95. The predicted octanol–water partition coefficient (Wildman–Crippen LogP) is 0.221. The van der Waals surface area contributed by atoms with Crippen molar-refractivity contribution in [2.75, 3.05) is 6.61 Å². The second-order valence-corrected chi connectivity index (χ2v) is 3.62. The van der Waals surface area contributed by atoms with Crippen LogP contribution >= 0.6 is 11.6 Å². The minimum atomic E-state index is -1.38. The minimum Gasteiger partial charge on any atom is -0.506 e. The van der Waals surface area contributed by atoms with Crippen molar-refractivity contribution >= 4 is 23.5 Å². The average molecular weight is 260 g/mol. The van der Waals surface area contributed by atoms with Crippen LogP contribution in [0.2, 0.25) is 5.02 Å². The zero-order chi connectivity index (χ0) is 13.0. The second kappa shape index (κ2) is 5.51. The highest BCUT2D eigenvalue weighted by Crippen LogP contribution is 2.23. The topological polar surface area (TPSA) is 107 Å². The first kappa shape index (κ1) is 13.3. The highest BCUT2D eigenvalue weighted by atomic mass is 35.5. The highest BCUT2D eigenvalue weighted by Gasteiger charge is 2.19. The van der Waals surface area contributed by atoms with Crippen LogP contribution in [0.5, 0.6) is 5.75 Å². The summed E-state index contributed by atoms with van der Waals surface area (Å²) in [4.78, 5) is 22.1. The van der Waals surface area contributed by atoms with E-state index in [0.29, 0.717) is 0 Å². The Morgan fingerprint density at radius 3 is 2.53 bits per heavy atom. The molecule has 1 amide bonds. The van der Waals surface area contributed by atoms with Gasteiger partial charge in [0, 0.05) is 5.56 Å². The van der Waals surface area contributed by atoms with E-state index in [1.54, 1.807) is 0 Å². The molecule has 1 aromatic carbocycles. The van der Waals surface area contributed by atoms with Gasteiger partial charge in [-0.15, -0.1) is 0 Å². The minimum absolute atomic E-state index is 0.0199. The number of carbonyl (C=O) groups excluding carboxylic acids is 1. The number of phenolic OH excluding ortho intramolecular Hbond substituents is 1. The Kier molecular flexibility index (Phi) is 4.30.